The fourth-order valence-electron chi connectivity index (χ4n) is 5.85. The third-order valence-corrected chi connectivity index (χ3v) is 9.60. The van der Waals surface area contributed by atoms with Crippen LogP contribution in [0.2, 0.25) is 0 Å². The van der Waals surface area contributed by atoms with E-state index in [1.807, 2.05) is 4.90 Å². The first-order chi connectivity index (χ1) is 17.2. The predicted octanol–water partition coefficient (Wildman–Crippen LogP) is 8.39. The number of carbonyl (C=O) groups is 2. The average Bonchev–Trinajstić information content (AvgIpc) is 3.30. The van der Waals surface area contributed by atoms with Crippen molar-refractivity contribution < 1.29 is 14.3 Å². The molecule has 0 spiro atoms. The van der Waals surface area contributed by atoms with Crippen LogP contribution in [0.5, 0.6) is 0 Å². The third-order valence-electron chi connectivity index (χ3n) is 8.34. The Bertz CT molecular complexity index is 935. The van der Waals surface area contributed by atoms with Gasteiger partial charge in [0, 0.05) is 27.8 Å². The second kappa shape index (κ2) is 13.0. The van der Waals surface area contributed by atoms with Crippen molar-refractivity contribution in [3.05, 3.63) is 26.3 Å². The first-order valence-electron chi connectivity index (χ1n) is 13.8. The van der Waals surface area contributed by atoms with Gasteiger partial charge in [0.15, 0.2) is 0 Å². The summed E-state index contributed by atoms with van der Waals surface area (Å²) in [5, 5.41) is 3.93. The summed E-state index contributed by atoms with van der Waals surface area (Å²) in [5.74, 6) is 0.112. The number of nitrogens with zero attached hydrogens (tertiary/aromatic N) is 4. The Kier molecular flexibility index (Phi) is 10.3. The molecule has 2 fully saturated rings. The van der Waals surface area contributed by atoms with Gasteiger partial charge in [0.1, 0.15) is 4.88 Å². The molecule has 0 aromatic carbocycles. The standard InChI is InChI=1S/C28H44N4O3S/c1-6-8-9-19(7-2)26(33)32(22-12-10-21(11-13-22)30-31-29)23-18-24(36-25(23)27(34)35-5)20-14-16-28(3,4)17-15-20/h18-22H,6-17H2,1-5H3. The molecule has 3 rings (SSSR count). The first-order valence-corrected chi connectivity index (χ1v) is 14.7. The quantitative estimate of drug-likeness (QED) is 0.135. The summed E-state index contributed by atoms with van der Waals surface area (Å²) in [6, 6.07) is 2.10. The Morgan fingerprint density at radius 1 is 1.19 bits per heavy atom. The lowest BCUT2D eigenvalue weighted by Crippen LogP contribution is -2.46. The molecule has 1 aromatic heterocycles. The average molecular weight is 517 g/mol. The van der Waals surface area contributed by atoms with Crippen LogP contribution in [0.25, 0.3) is 10.4 Å². The van der Waals surface area contributed by atoms with Crippen molar-refractivity contribution in [1.29, 1.82) is 0 Å². The number of anilines is 1. The second-order valence-corrected chi connectivity index (χ2v) is 12.5. The molecule has 0 N–H and O–H groups in total. The van der Waals surface area contributed by atoms with Crippen molar-refractivity contribution in [2.45, 2.75) is 123 Å². The van der Waals surface area contributed by atoms with Gasteiger partial charge in [0.2, 0.25) is 5.91 Å². The van der Waals surface area contributed by atoms with E-state index in [0.717, 1.165) is 69.9 Å². The molecule has 2 aliphatic carbocycles. The van der Waals surface area contributed by atoms with E-state index in [1.54, 1.807) is 0 Å². The van der Waals surface area contributed by atoms with Crippen molar-refractivity contribution in [1.82, 2.24) is 0 Å². The lowest BCUT2D eigenvalue weighted by molar-refractivity contribution is -0.123. The summed E-state index contributed by atoms with van der Waals surface area (Å²) in [4.78, 5) is 33.8. The van der Waals surface area contributed by atoms with Gasteiger partial charge in [-0.1, -0.05) is 45.7 Å². The highest BCUT2D eigenvalue weighted by Gasteiger charge is 2.37. The molecule has 2 saturated carbocycles. The highest BCUT2D eigenvalue weighted by Crippen LogP contribution is 2.47. The van der Waals surface area contributed by atoms with E-state index in [-0.39, 0.29) is 29.9 Å². The summed E-state index contributed by atoms with van der Waals surface area (Å²) < 4.78 is 5.21. The molecule has 8 heteroatoms. The van der Waals surface area contributed by atoms with Crippen LogP contribution in [0, 0.1) is 11.3 Å². The van der Waals surface area contributed by atoms with Crippen LogP contribution < -0.4 is 4.90 Å². The Balaban J connectivity index is 2.00. The van der Waals surface area contributed by atoms with Gasteiger partial charge in [-0.2, -0.15) is 0 Å². The van der Waals surface area contributed by atoms with Gasteiger partial charge in [0.25, 0.3) is 0 Å². The number of thiophene rings is 1. The van der Waals surface area contributed by atoms with Crippen LogP contribution in [0.4, 0.5) is 5.69 Å². The van der Waals surface area contributed by atoms with Crippen LogP contribution in [-0.2, 0) is 9.53 Å². The molecule has 36 heavy (non-hydrogen) atoms. The van der Waals surface area contributed by atoms with E-state index in [9.17, 15) is 9.59 Å². The number of rotatable bonds is 10. The molecule has 7 nitrogen and oxygen atoms in total. The summed E-state index contributed by atoms with van der Waals surface area (Å²) >= 11 is 1.52. The van der Waals surface area contributed by atoms with Crippen LogP contribution >= 0.6 is 11.3 Å². The maximum atomic E-state index is 14.1. The van der Waals surface area contributed by atoms with Crippen molar-refractivity contribution in [2.75, 3.05) is 12.0 Å². The zero-order valence-corrected chi connectivity index (χ0v) is 23.6. The predicted molar refractivity (Wildman–Crippen MR) is 147 cm³/mol. The lowest BCUT2D eigenvalue weighted by atomic mass is 9.73. The van der Waals surface area contributed by atoms with Gasteiger partial charge >= 0.3 is 5.97 Å². The van der Waals surface area contributed by atoms with Gasteiger partial charge < -0.3 is 9.64 Å². The Labute approximate surface area is 220 Å². The summed E-state index contributed by atoms with van der Waals surface area (Å²) in [5.41, 5.74) is 9.97. The van der Waals surface area contributed by atoms with Crippen LogP contribution in [0.15, 0.2) is 11.2 Å². The fourth-order valence-corrected chi connectivity index (χ4v) is 7.09. The van der Waals surface area contributed by atoms with Crippen LogP contribution in [-0.4, -0.2) is 31.1 Å². The van der Waals surface area contributed by atoms with Gasteiger partial charge in [-0.15, -0.1) is 11.3 Å². The Morgan fingerprint density at radius 3 is 2.42 bits per heavy atom. The molecule has 0 radical (unpaired) electrons. The molecule has 1 atom stereocenters. The van der Waals surface area contributed by atoms with Gasteiger partial charge in [0.05, 0.1) is 12.8 Å². The van der Waals surface area contributed by atoms with Crippen molar-refractivity contribution >= 4 is 28.9 Å². The van der Waals surface area contributed by atoms with Gasteiger partial charge in [-0.25, -0.2) is 4.79 Å². The molecule has 1 unspecified atom stereocenters. The Morgan fingerprint density at radius 2 is 1.86 bits per heavy atom. The third kappa shape index (κ3) is 6.83. The minimum Gasteiger partial charge on any atom is -0.465 e. The molecule has 1 aromatic rings. The molecule has 1 amide bonds. The normalized spacial score (nSPS) is 22.9. The zero-order chi connectivity index (χ0) is 26.3. The minimum atomic E-state index is -0.362. The number of unbranched alkanes of at least 4 members (excludes halogenated alkanes) is 1. The van der Waals surface area contributed by atoms with Crippen molar-refractivity contribution in [2.24, 2.45) is 16.4 Å². The summed E-state index contributed by atoms with van der Waals surface area (Å²) in [6.45, 7) is 8.89. The van der Waals surface area contributed by atoms with E-state index < -0.39 is 0 Å². The number of carbonyl (C=O) groups excluding carboxylic acids is 2. The minimum absolute atomic E-state index is 0.00513. The Hall–Kier alpha value is -2.05. The first kappa shape index (κ1) is 28.5. The molecular formula is C28H44N4O3S. The maximum absolute atomic E-state index is 14.1. The fraction of sp³-hybridized carbons (Fsp3) is 0.786. The number of amides is 1. The molecule has 0 aliphatic heterocycles. The molecule has 0 bridgehead atoms. The largest absolute Gasteiger partial charge is 0.465 e. The molecular weight excluding hydrogens is 472 g/mol. The smallest absolute Gasteiger partial charge is 0.350 e. The van der Waals surface area contributed by atoms with Crippen molar-refractivity contribution in [3.8, 4) is 0 Å². The molecule has 200 valence electrons. The van der Waals surface area contributed by atoms with E-state index in [2.05, 4.69) is 43.8 Å². The summed E-state index contributed by atoms with van der Waals surface area (Å²) in [7, 11) is 1.42. The summed E-state index contributed by atoms with van der Waals surface area (Å²) in [6.07, 6.45) is 11.3. The molecule has 1 heterocycles. The van der Waals surface area contributed by atoms with Crippen LogP contribution in [0.3, 0.4) is 0 Å². The maximum Gasteiger partial charge on any atom is 0.350 e. The second-order valence-electron chi connectivity index (χ2n) is 11.4. The SMILES string of the molecule is CCCCC(CC)C(=O)N(c1cc(C2CCC(C)(C)CC2)sc1C(=O)OC)C1CCC(N=[N+]=[N-])CC1. The van der Waals surface area contributed by atoms with E-state index >= 15 is 0 Å². The van der Waals surface area contributed by atoms with Gasteiger partial charge in [-0.05, 0) is 87.1 Å². The van der Waals surface area contributed by atoms with E-state index in [1.165, 1.54) is 36.2 Å². The van der Waals surface area contributed by atoms with Crippen LogP contribution in [0.1, 0.15) is 125 Å². The number of esters is 1. The number of hydrogen-bond acceptors (Lipinski definition) is 5. The number of methoxy groups -OCH3 is 1. The number of ether oxygens (including phenoxy) is 1. The van der Waals surface area contributed by atoms with E-state index in [4.69, 9.17) is 10.3 Å². The number of hydrogen-bond donors (Lipinski definition) is 0. The lowest BCUT2D eigenvalue weighted by Gasteiger charge is -2.38. The highest BCUT2D eigenvalue weighted by atomic mass is 32.1. The molecule has 2 aliphatic rings. The molecule has 0 saturated heterocycles. The van der Waals surface area contributed by atoms with E-state index in [0.29, 0.717) is 16.2 Å². The number of azide groups is 1. The highest BCUT2D eigenvalue weighted by molar-refractivity contribution is 7.14. The van der Waals surface area contributed by atoms with Gasteiger partial charge in [-0.3, -0.25) is 4.79 Å². The zero-order valence-electron chi connectivity index (χ0n) is 22.8. The van der Waals surface area contributed by atoms with Crippen molar-refractivity contribution in [3.63, 3.8) is 0 Å². The monoisotopic (exact) mass is 516 g/mol. The topological polar surface area (TPSA) is 95.4 Å².